The first-order chi connectivity index (χ1) is 9.50. The molecule has 2 aromatic heterocycles. The van der Waals surface area contributed by atoms with Crippen molar-refractivity contribution in [1.82, 2.24) is 19.5 Å². The Morgan fingerprint density at radius 1 is 1.35 bits per heavy atom. The maximum Gasteiger partial charge on any atom is 0.167 e. The van der Waals surface area contributed by atoms with E-state index in [4.69, 9.17) is 10.5 Å². The molecule has 20 heavy (non-hydrogen) atoms. The Morgan fingerprint density at radius 3 is 2.75 bits per heavy atom. The zero-order chi connectivity index (χ0) is 14.4. The average molecular weight is 342 g/mol. The minimum absolute atomic E-state index is 0.239. The fourth-order valence-corrected chi connectivity index (χ4v) is 2.58. The van der Waals surface area contributed by atoms with Gasteiger partial charge in [-0.25, -0.2) is 15.0 Å². The van der Waals surface area contributed by atoms with Crippen molar-refractivity contribution in [2.45, 2.75) is 24.5 Å². The van der Waals surface area contributed by atoms with Crippen LogP contribution in [0.5, 0.6) is 0 Å². The Morgan fingerprint density at radius 2 is 2.10 bits per heavy atom. The van der Waals surface area contributed by atoms with Crippen LogP contribution in [0.15, 0.2) is 23.7 Å². The lowest BCUT2D eigenvalue weighted by atomic mass is 10.1. The van der Waals surface area contributed by atoms with Crippen LogP contribution in [0.3, 0.4) is 0 Å². The molecule has 1 aliphatic rings. The number of nitrogens with zero attached hydrogens (tertiary/aromatic N) is 4. The number of anilines is 1. The largest absolute Gasteiger partial charge is 0.387 e. The maximum atomic E-state index is 10.1. The van der Waals surface area contributed by atoms with Crippen molar-refractivity contribution in [3.05, 3.63) is 23.7 Å². The minimum atomic E-state index is -1.14. The summed E-state index contributed by atoms with van der Waals surface area (Å²) < 4.78 is 7.58. The highest BCUT2D eigenvalue weighted by molar-refractivity contribution is 9.11. The molecule has 8 nitrogen and oxygen atoms in total. The van der Waals surface area contributed by atoms with Gasteiger partial charge in [0.05, 0.1) is 6.33 Å². The number of ether oxygens (including phenoxy) is 1. The van der Waals surface area contributed by atoms with Crippen molar-refractivity contribution in [2.75, 3.05) is 5.73 Å². The first-order valence-corrected chi connectivity index (χ1v) is 6.59. The molecular formula is C11H12BrN5O3. The Kier molecular flexibility index (Phi) is 3.21. The zero-order valence-corrected chi connectivity index (χ0v) is 11.8. The molecule has 0 spiro atoms. The van der Waals surface area contributed by atoms with Gasteiger partial charge in [-0.2, -0.15) is 0 Å². The normalized spacial score (nSPS) is 29.9. The number of aromatic nitrogens is 4. The van der Waals surface area contributed by atoms with E-state index < -0.39 is 24.5 Å². The van der Waals surface area contributed by atoms with E-state index in [0.717, 1.165) is 0 Å². The van der Waals surface area contributed by atoms with Gasteiger partial charge in [0.1, 0.15) is 30.2 Å². The van der Waals surface area contributed by atoms with E-state index in [1.54, 1.807) is 0 Å². The summed E-state index contributed by atoms with van der Waals surface area (Å²) in [6.45, 7) is 3.66. The Labute approximate surface area is 122 Å². The number of hydrogen-bond donors (Lipinski definition) is 3. The number of rotatable bonds is 2. The van der Waals surface area contributed by atoms with Crippen LogP contribution < -0.4 is 5.73 Å². The van der Waals surface area contributed by atoms with Gasteiger partial charge in [0.15, 0.2) is 17.7 Å². The lowest BCUT2D eigenvalue weighted by Gasteiger charge is -2.16. The van der Waals surface area contributed by atoms with Crippen LogP contribution in [0.25, 0.3) is 11.2 Å². The molecule has 3 rings (SSSR count). The first-order valence-electron chi connectivity index (χ1n) is 5.79. The number of hydrogen-bond acceptors (Lipinski definition) is 7. The summed E-state index contributed by atoms with van der Waals surface area (Å²) in [5.74, 6) is 0.239. The van der Waals surface area contributed by atoms with Crippen LogP contribution in [0, 0.1) is 0 Å². The number of aliphatic hydroxyl groups is 2. The van der Waals surface area contributed by atoms with Gasteiger partial charge in [-0.3, -0.25) is 4.57 Å². The summed E-state index contributed by atoms with van der Waals surface area (Å²) in [7, 11) is 0. The quantitative estimate of drug-likeness (QED) is 0.699. The highest BCUT2D eigenvalue weighted by Gasteiger charge is 2.45. The van der Waals surface area contributed by atoms with Gasteiger partial charge in [0, 0.05) is 4.48 Å². The third-order valence-electron chi connectivity index (χ3n) is 3.21. The molecule has 3 heterocycles. The lowest BCUT2D eigenvalue weighted by Crippen LogP contribution is -2.31. The van der Waals surface area contributed by atoms with E-state index in [9.17, 15) is 10.2 Å². The summed E-state index contributed by atoms with van der Waals surface area (Å²) in [5, 5.41) is 20.1. The molecule has 9 heteroatoms. The lowest BCUT2D eigenvalue weighted by molar-refractivity contribution is -0.0248. The third-order valence-corrected chi connectivity index (χ3v) is 3.66. The molecule has 0 aromatic carbocycles. The number of halogens is 1. The second kappa shape index (κ2) is 4.77. The first kappa shape index (κ1) is 13.4. The molecule has 1 fully saturated rings. The summed E-state index contributed by atoms with van der Waals surface area (Å²) in [6, 6.07) is 0. The van der Waals surface area contributed by atoms with Crippen molar-refractivity contribution >= 4 is 32.9 Å². The van der Waals surface area contributed by atoms with Gasteiger partial charge >= 0.3 is 0 Å². The van der Waals surface area contributed by atoms with E-state index in [1.807, 2.05) is 0 Å². The molecule has 106 valence electrons. The van der Waals surface area contributed by atoms with E-state index in [-0.39, 0.29) is 5.82 Å². The fourth-order valence-electron chi connectivity index (χ4n) is 2.20. The molecule has 4 atom stereocenters. The molecule has 2 aromatic rings. The molecule has 0 aliphatic carbocycles. The van der Waals surface area contributed by atoms with Crippen molar-refractivity contribution < 1.29 is 14.9 Å². The Bertz CT molecular complexity index is 675. The minimum Gasteiger partial charge on any atom is -0.387 e. The monoisotopic (exact) mass is 341 g/mol. The van der Waals surface area contributed by atoms with Crippen LogP contribution in [-0.4, -0.2) is 48.0 Å². The summed E-state index contributed by atoms with van der Waals surface area (Å²) in [6.07, 6.45) is -1.04. The highest BCUT2D eigenvalue weighted by atomic mass is 79.9. The van der Waals surface area contributed by atoms with Gasteiger partial charge in [0.2, 0.25) is 0 Å². The van der Waals surface area contributed by atoms with Crippen molar-refractivity contribution in [1.29, 1.82) is 0 Å². The van der Waals surface area contributed by atoms with Crippen LogP contribution in [0.1, 0.15) is 6.23 Å². The van der Waals surface area contributed by atoms with Gasteiger partial charge in [0.25, 0.3) is 0 Å². The van der Waals surface area contributed by atoms with Crippen LogP contribution in [0.2, 0.25) is 0 Å². The van der Waals surface area contributed by atoms with Gasteiger partial charge in [-0.05, 0) is 0 Å². The van der Waals surface area contributed by atoms with Gasteiger partial charge in [-0.1, -0.05) is 22.5 Å². The maximum absolute atomic E-state index is 10.1. The molecule has 0 bridgehead atoms. The topological polar surface area (TPSA) is 119 Å². The standard InChI is InChI=1S/C11H12BrN5O3/c1-4(12)8-6(18)7(19)11(20-8)17-3-16-5-9(13)14-2-15-10(5)17/h2-3,6-8,11,18-19H,1H2,(H2,13,14,15)/t6-,7+,8-,11-/m1/s1. The number of nitrogen functional groups attached to an aromatic ring is 1. The summed E-state index contributed by atoms with van der Waals surface area (Å²) in [4.78, 5) is 12.0. The van der Waals surface area contributed by atoms with E-state index in [1.165, 1.54) is 17.2 Å². The molecule has 0 amide bonds. The Balaban J connectivity index is 2.04. The molecule has 0 radical (unpaired) electrons. The van der Waals surface area contributed by atoms with E-state index in [2.05, 4.69) is 37.5 Å². The SMILES string of the molecule is C=C(Br)[C@H]1O[C@@H](n2cnc3c(N)ncnc32)[C@@H](O)[C@H]1O. The Hall–Kier alpha value is -1.55. The number of nitrogens with two attached hydrogens (primary N) is 1. The van der Waals surface area contributed by atoms with Crippen molar-refractivity contribution in [3.8, 4) is 0 Å². The van der Waals surface area contributed by atoms with Gasteiger partial charge < -0.3 is 20.7 Å². The second-order valence-corrected chi connectivity index (χ2v) is 5.48. The smallest absolute Gasteiger partial charge is 0.167 e. The van der Waals surface area contributed by atoms with Crippen LogP contribution in [-0.2, 0) is 4.74 Å². The fraction of sp³-hybridized carbons (Fsp3) is 0.364. The molecule has 4 N–H and O–H groups in total. The molecule has 1 saturated heterocycles. The molecule has 0 saturated carbocycles. The van der Waals surface area contributed by atoms with E-state index in [0.29, 0.717) is 15.6 Å². The molecular weight excluding hydrogens is 330 g/mol. The zero-order valence-electron chi connectivity index (χ0n) is 10.2. The van der Waals surface area contributed by atoms with Crippen molar-refractivity contribution in [2.24, 2.45) is 0 Å². The predicted molar refractivity (Wildman–Crippen MR) is 73.7 cm³/mol. The molecule has 0 unspecified atom stereocenters. The predicted octanol–water partition coefficient (Wildman–Crippen LogP) is -0.0637. The second-order valence-electron chi connectivity index (χ2n) is 4.46. The third kappa shape index (κ3) is 1.90. The van der Waals surface area contributed by atoms with Crippen molar-refractivity contribution in [3.63, 3.8) is 0 Å². The number of fused-ring (bicyclic) bond motifs is 1. The van der Waals surface area contributed by atoms with Crippen LogP contribution in [0.4, 0.5) is 5.82 Å². The number of imidazole rings is 1. The average Bonchev–Trinajstić information content (AvgIpc) is 2.94. The summed E-state index contributed by atoms with van der Waals surface area (Å²) >= 11 is 3.16. The highest BCUT2D eigenvalue weighted by Crippen LogP contribution is 2.35. The molecule has 1 aliphatic heterocycles. The van der Waals surface area contributed by atoms with Gasteiger partial charge in [-0.15, -0.1) is 0 Å². The summed E-state index contributed by atoms with van der Waals surface area (Å²) in [5.41, 5.74) is 6.55. The van der Waals surface area contributed by atoms with Crippen LogP contribution >= 0.6 is 15.9 Å². The number of aliphatic hydroxyl groups excluding tert-OH is 2. The van der Waals surface area contributed by atoms with E-state index >= 15 is 0 Å².